The maximum Gasteiger partial charge on any atom is 0.119 e. The minimum Gasteiger partial charge on any atom is -0.497 e. The normalized spacial score (nSPS) is 12.4. The second-order valence-corrected chi connectivity index (χ2v) is 4.28. The molecule has 4 heteroatoms. The van der Waals surface area contributed by atoms with E-state index in [0.717, 1.165) is 29.7 Å². The van der Waals surface area contributed by atoms with Gasteiger partial charge in [0.2, 0.25) is 0 Å². The molecule has 0 aromatic heterocycles. The molecule has 0 spiro atoms. The van der Waals surface area contributed by atoms with E-state index in [9.17, 15) is 0 Å². The van der Waals surface area contributed by atoms with Crippen LogP contribution in [-0.4, -0.2) is 32.8 Å². The molecular formula is C13H19BrO3. The third kappa shape index (κ3) is 5.06. The lowest BCUT2D eigenvalue weighted by molar-refractivity contribution is 0.0531. The molecule has 1 aromatic carbocycles. The Morgan fingerprint density at radius 2 is 2.06 bits per heavy atom. The van der Waals surface area contributed by atoms with Gasteiger partial charge in [0.1, 0.15) is 5.75 Å². The van der Waals surface area contributed by atoms with E-state index in [1.54, 1.807) is 14.2 Å². The minimum atomic E-state index is 0.0574. The first kappa shape index (κ1) is 14.5. The van der Waals surface area contributed by atoms with Gasteiger partial charge in [-0.1, -0.05) is 28.1 Å². The molecule has 0 saturated heterocycles. The summed E-state index contributed by atoms with van der Waals surface area (Å²) in [6, 6.07) is 7.95. The zero-order valence-electron chi connectivity index (χ0n) is 10.3. The van der Waals surface area contributed by atoms with Crippen LogP contribution in [0.25, 0.3) is 0 Å². The monoisotopic (exact) mass is 302 g/mol. The minimum absolute atomic E-state index is 0.0574. The van der Waals surface area contributed by atoms with E-state index >= 15 is 0 Å². The zero-order chi connectivity index (χ0) is 12.5. The van der Waals surface area contributed by atoms with Crippen molar-refractivity contribution < 1.29 is 14.2 Å². The van der Waals surface area contributed by atoms with E-state index in [1.165, 1.54) is 0 Å². The van der Waals surface area contributed by atoms with E-state index in [2.05, 4.69) is 15.9 Å². The number of benzene rings is 1. The van der Waals surface area contributed by atoms with Crippen LogP contribution in [0.2, 0.25) is 0 Å². The van der Waals surface area contributed by atoms with Crippen LogP contribution in [0.5, 0.6) is 5.75 Å². The van der Waals surface area contributed by atoms with Crippen molar-refractivity contribution in [3.8, 4) is 5.75 Å². The molecule has 96 valence electrons. The number of methoxy groups -OCH3 is 2. The van der Waals surface area contributed by atoms with Crippen molar-refractivity contribution in [1.29, 1.82) is 0 Å². The van der Waals surface area contributed by atoms with Gasteiger partial charge in [0.15, 0.2) is 0 Å². The van der Waals surface area contributed by atoms with Crippen molar-refractivity contribution in [3.05, 3.63) is 29.8 Å². The zero-order valence-corrected chi connectivity index (χ0v) is 11.9. The van der Waals surface area contributed by atoms with Crippen LogP contribution in [-0.2, 0) is 9.47 Å². The summed E-state index contributed by atoms with van der Waals surface area (Å²) in [6.07, 6.45) is 0.964. The third-order valence-corrected chi connectivity index (χ3v) is 3.01. The molecule has 0 N–H and O–H groups in total. The van der Waals surface area contributed by atoms with Crippen LogP contribution in [0, 0.1) is 0 Å². The van der Waals surface area contributed by atoms with Crippen molar-refractivity contribution in [1.82, 2.24) is 0 Å². The van der Waals surface area contributed by atoms with Gasteiger partial charge >= 0.3 is 0 Å². The fourth-order valence-electron chi connectivity index (χ4n) is 1.50. The van der Waals surface area contributed by atoms with Gasteiger partial charge in [-0.25, -0.2) is 0 Å². The summed E-state index contributed by atoms with van der Waals surface area (Å²) < 4.78 is 16.0. The van der Waals surface area contributed by atoms with Crippen molar-refractivity contribution in [2.24, 2.45) is 0 Å². The van der Waals surface area contributed by atoms with Crippen LogP contribution >= 0.6 is 15.9 Å². The Kier molecular flexibility index (Phi) is 7.24. The van der Waals surface area contributed by atoms with Crippen LogP contribution in [0.1, 0.15) is 18.1 Å². The molecule has 0 aliphatic rings. The average Bonchev–Trinajstić information content (AvgIpc) is 2.39. The highest BCUT2D eigenvalue weighted by Gasteiger charge is 2.10. The highest BCUT2D eigenvalue weighted by molar-refractivity contribution is 9.09. The van der Waals surface area contributed by atoms with E-state index in [4.69, 9.17) is 14.2 Å². The van der Waals surface area contributed by atoms with Crippen LogP contribution < -0.4 is 4.74 Å². The fourth-order valence-corrected chi connectivity index (χ4v) is 2.06. The summed E-state index contributed by atoms with van der Waals surface area (Å²) in [7, 11) is 3.37. The van der Waals surface area contributed by atoms with Crippen molar-refractivity contribution in [3.63, 3.8) is 0 Å². The van der Waals surface area contributed by atoms with Gasteiger partial charge < -0.3 is 14.2 Å². The highest BCUT2D eigenvalue weighted by atomic mass is 79.9. The molecule has 0 aliphatic heterocycles. The first-order chi connectivity index (χ1) is 8.31. The van der Waals surface area contributed by atoms with Gasteiger partial charge in [-0.2, -0.15) is 0 Å². The van der Waals surface area contributed by atoms with Crippen molar-refractivity contribution in [2.75, 3.05) is 32.8 Å². The predicted molar refractivity (Wildman–Crippen MR) is 72.0 cm³/mol. The number of hydrogen-bond acceptors (Lipinski definition) is 3. The first-order valence-electron chi connectivity index (χ1n) is 5.62. The second-order valence-electron chi connectivity index (χ2n) is 3.64. The van der Waals surface area contributed by atoms with Gasteiger partial charge in [-0.15, -0.1) is 0 Å². The highest BCUT2D eigenvalue weighted by Crippen LogP contribution is 2.23. The lowest BCUT2D eigenvalue weighted by Gasteiger charge is -2.16. The fraction of sp³-hybridized carbons (Fsp3) is 0.538. The Bertz CT molecular complexity index is 317. The summed E-state index contributed by atoms with van der Waals surface area (Å²) in [5, 5.41) is 0.771. The second kappa shape index (κ2) is 8.50. The molecule has 3 nitrogen and oxygen atoms in total. The lowest BCUT2D eigenvalue weighted by Crippen LogP contribution is -2.08. The topological polar surface area (TPSA) is 27.7 Å². The number of alkyl halides is 1. The van der Waals surface area contributed by atoms with E-state index < -0.39 is 0 Å². The van der Waals surface area contributed by atoms with Gasteiger partial charge in [0.25, 0.3) is 0 Å². The largest absolute Gasteiger partial charge is 0.497 e. The third-order valence-electron chi connectivity index (χ3n) is 2.42. The predicted octanol–water partition coefficient (Wildman–Crippen LogP) is 3.18. The molecule has 0 amide bonds. The van der Waals surface area contributed by atoms with Crippen LogP contribution in [0.4, 0.5) is 0 Å². The Balaban J connectivity index is 2.53. The van der Waals surface area contributed by atoms with Crippen LogP contribution in [0.15, 0.2) is 24.3 Å². The van der Waals surface area contributed by atoms with Gasteiger partial charge in [-0.3, -0.25) is 0 Å². The maximum atomic E-state index is 5.80. The molecule has 0 saturated carbocycles. The summed E-state index contributed by atoms with van der Waals surface area (Å²) in [6.45, 7) is 1.43. The average molecular weight is 303 g/mol. The van der Waals surface area contributed by atoms with Crippen LogP contribution in [0.3, 0.4) is 0 Å². The molecular weight excluding hydrogens is 284 g/mol. The summed E-state index contributed by atoms with van der Waals surface area (Å²) in [5.74, 6) is 0.856. The summed E-state index contributed by atoms with van der Waals surface area (Å²) in [5.41, 5.74) is 1.12. The Labute approximate surface area is 111 Å². The Hall–Kier alpha value is -0.580. The lowest BCUT2D eigenvalue weighted by atomic mass is 10.1. The standard InChI is InChI=1S/C13H19BrO3/c1-15-7-4-8-17-13(10-14)11-5-3-6-12(9-11)16-2/h3,5-6,9,13H,4,7-8,10H2,1-2H3. The molecule has 0 aliphatic carbocycles. The summed E-state index contributed by atoms with van der Waals surface area (Å²) >= 11 is 3.47. The quantitative estimate of drug-likeness (QED) is 0.545. The smallest absolute Gasteiger partial charge is 0.119 e. The van der Waals surface area contributed by atoms with Gasteiger partial charge in [-0.05, 0) is 24.1 Å². The van der Waals surface area contributed by atoms with E-state index in [-0.39, 0.29) is 6.10 Å². The van der Waals surface area contributed by atoms with Gasteiger partial charge in [0, 0.05) is 25.7 Å². The molecule has 0 fully saturated rings. The number of hydrogen-bond donors (Lipinski definition) is 0. The van der Waals surface area contributed by atoms with E-state index in [0.29, 0.717) is 6.61 Å². The molecule has 1 unspecified atom stereocenters. The molecule has 17 heavy (non-hydrogen) atoms. The molecule has 0 heterocycles. The molecule has 0 bridgehead atoms. The SMILES string of the molecule is COCCCOC(CBr)c1cccc(OC)c1. The molecule has 1 rings (SSSR count). The summed E-state index contributed by atoms with van der Waals surface area (Å²) in [4.78, 5) is 0. The van der Waals surface area contributed by atoms with E-state index in [1.807, 2.05) is 24.3 Å². The first-order valence-corrected chi connectivity index (χ1v) is 6.74. The molecule has 1 atom stereocenters. The number of halogens is 1. The number of ether oxygens (including phenoxy) is 3. The van der Waals surface area contributed by atoms with Crippen molar-refractivity contribution >= 4 is 15.9 Å². The Morgan fingerprint density at radius 3 is 2.71 bits per heavy atom. The Morgan fingerprint density at radius 1 is 1.24 bits per heavy atom. The maximum absolute atomic E-state index is 5.80. The molecule has 0 radical (unpaired) electrons. The number of rotatable bonds is 8. The van der Waals surface area contributed by atoms with Crippen molar-refractivity contribution in [2.45, 2.75) is 12.5 Å². The van der Waals surface area contributed by atoms with Gasteiger partial charge in [0.05, 0.1) is 13.2 Å². The molecule has 1 aromatic rings.